The Balaban J connectivity index is 2.47. The number of aromatic nitrogens is 1. The van der Waals surface area contributed by atoms with Gasteiger partial charge in [-0.15, -0.1) is 11.3 Å². The van der Waals surface area contributed by atoms with Crippen LogP contribution in [-0.2, 0) is 10.0 Å². The number of fused-ring (bicyclic) bond motifs is 1. The maximum absolute atomic E-state index is 11.0. The molecule has 0 atom stereocenters. The van der Waals surface area contributed by atoms with E-state index in [4.69, 9.17) is 0 Å². The average molecular weight is 242 g/mol. The number of aryl methyl sites for hydroxylation is 1. The summed E-state index contributed by atoms with van der Waals surface area (Å²) >= 11 is 1.55. The van der Waals surface area contributed by atoms with Crippen LogP contribution in [0.1, 0.15) is 5.01 Å². The molecule has 0 aliphatic heterocycles. The summed E-state index contributed by atoms with van der Waals surface area (Å²) in [4.78, 5) is 4.29. The van der Waals surface area contributed by atoms with Crippen molar-refractivity contribution < 1.29 is 8.42 Å². The molecular formula is C9H10N2O2S2. The smallest absolute Gasteiger partial charge is 0.229 e. The fourth-order valence-electron chi connectivity index (χ4n) is 1.32. The predicted molar refractivity (Wildman–Crippen MR) is 62.8 cm³/mol. The highest BCUT2D eigenvalue weighted by molar-refractivity contribution is 7.92. The molecule has 15 heavy (non-hydrogen) atoms. The second kappa shape index (κ2) is 3.46. The third-order valence-electron chi connectivity index (χ3n) is 1.80. The van der Waals surface area contributed by atoms with E-state index in [9.17, 15) is 8.42 Å². The molecule has 0 saturated heterocycles. The lowest BCUT2D eigenvalue weighted by Crippen LogP contribution is -2.09. The normalized spacial score (nSPS) is 11.9. The molecule has 80 valence electrons. The second-order valence-corrected chi connectivity index (χ2v) is 6.27. The largest absolute Gasteiger partial charge is 0.284 e. The fourth-order valence-corrected chi connectivity index (χ4v) is 2.74. The molecule has 0 radical (unpaired) electrons. The first-order valence-electron chi connectivity index (χ1n) is 4.29. The molecule has 6 heteroatoms. The third-order valence-corrected chi connectivity index (χ3v) is 3.34. The van der Waals surface area contributed by atoms with Crippen LogP contribution in [0.5, 0.6) is 0 Å². The average Bonchev–Trinajstić information content (AvgIpc) is 2.40. The van der Waals surface area contributed by atoms with Gasteiger partial charge in [-0.25, -0.2) is 13.4 Å². The van der Waals surface area contributed by atoms with Crippen molar-refractivity contribution in [3.8, 4) is 0 Å². The van der Waals surface area contributed by atoms with Crippen LogP contribution < -0.4 is 4.72 Å². The van der Waals surface area contributed by atoms with E-state index >= 15 is 0 Å². The summed E-state index contributed by atoms with van der Waals surface area (Å²) in [5, 5.41) is 0.974. The molecule has 1 N–H and O–H groups in total. The molecule has 0 unspecified atom stereocenters. The lowest BCUT2D eigenvalue weighted by atomic mass is 10.3. The number of anilines is 1. The van der Waals surface area contributed by atoms with Gasteiger partial charge in [-0.2, -0.15) is 0 Å². The summed E-state index contributed by atoms with van der Waals surface area (Å²) in [6.07, 6.45) is 1.13. The van der Waals surface area contributed by atoms with Crippen LogP contribution in [-0.4, -0.2) is 19.7 Å². The van der Waals surface area contributed by atoms with Crippen molar-refractivity contribution >= 4 is 37.3 Å². The Hall–Kier alpha value is -1.14. The topological polar surface area (TPSA) is 59.1 Å². The van der Waals surface area contributed by atoms with Gasteiger partial charge in [-0.1, -0.05) is 0 Å². The molecule has 1 heterocycles. The Bertz CT molecular complexity index is 602. The van der Waals surface area contributed by atoms with E-state index < -0.39 is 10.0 Å². The molecule has 0 amide bonds. The second-order valence-electron chi connectivity index (χ2n) is 3.29. The van der Waals surface area contributed by atoms with Crippen molar-refractivity contribution in [1.29, 1.82) is 0 Å². The highest BCUT2D eigenvalue weighted by atomic mass is 32.2. The van der Waals surface area contributed by atoms with Crippen LogP contribution in [0.15, 0.2) is 18.2 Å². The Morgan fingerprint density at radius 2 is 2.13 bits per heavy atom. The van der Waals surface area contributed by atoms with E-state index in [2.05, 4.69) is 9.71 Å². The summed E-state index contributed by atoms with van der Waals surface area (Å²) in [5.74, 6) is 0. The quantitative estimate of drug-likeness (QED) is 0.876. The number of hydrogen-bond donors (Lipinski definition) is 1. The molecule has 0 spiro atoms. The first kappa shape index (κ1) is 10.4. The van der Waals surface area contributed by atoms with Gasteiger partial charge in [0.05, 0.1) is 27.2 Å². The Labute approximate surface area is 92.0 Å². The lowest BCUT2D eigenvalue weighted by molar-refractivity contribution is 0.607. The van der Waals surface area contributed by atoms with Gasteiger partial charge in [-0.05, 0) is 25.1 Å². The van der Waals surface area contributed by atoms with E-state index in [0.717, 1.165) is 21.5 Å². The van der Waals surface area contributed by atoms with Crippen LogP contribution in [0.25, 0.3) is 10.2 Å². The number of nitrogens with one attached hydrogen (secondary N) is 1. The van der Waals surface area contributed by atoms with Gasteiger partial charge in [0.2, 0.25) is 10.0 Å². The molecule has 0 aliphatic rings. The number of benzene rings is 1. The summed E-state index contributed by atoms with van der Waals surface area (Å²) in [7, 11) is -3.20. The number of nitrogens with zero attached hydrogens (tertiary/aromatic N) is 1. The van der Waals surface area contributed by atoms with Gasteiger partial charge < -0.3 is 0 Å². The summed E-state index contributed by atoms with van der Waals surface area (Å²) in [5.41, 5.74) is 1.48. The minimum absolute atomic E-state index is 0.577. The molecule has 0 bridgehead atoms. The molecule has 0 aliphatic carbocycles. The minimum Gasteiger partial charge on any atom is -0.284 e. The number of sulfonamides is 1. The van der Waals surface area contributed by atoms with Crippen LogP contribution in [0, 0.1) is 6.92 Å². The van der Waals surface area contributed by atoms with Gasteiger partial charge in [0.25, 0.3) is 0 Å². The maximum Gasteiger partial charge on any atom is 0.229 e. The van der Waals surface area contributed by atoms with Gasteiger partial charge in [0.1, 0.15) is 0 Å². The van der Waals surface area contributed by atoms with Crippen LogP contribution >= 0.6 is 11.3 Å². The van der Waals surface area contributed by atoms with Gasteiger partial charge in [-0.3, -0.25) is 4.72 Å². The van der Waals surface area contributed by atoms with Crippen LogP contribution in [0.4, 0.5) is 5.69 Å². The SMILES string of the molecule is Cc1nc2ccc(NS(C)(=O)=O)cc2s1. The first-order chi connectivity index (χ1) is 6.94. The van der Waals surface area contributed by atoms with Crippen molar-refractivity contribution in [3.63, 3.8) is 0 Å². The molecular weight excluding hydrogens is 232 g/mol. The molecule has 1 aromatic carbocycles. The third kappa shape index (κ3) is 2.45. The molecule has 0 saturated carbocycles. The predicted octanol–water partition coefficient (Wildman–Crippen LogP) is 1.98. The zero-order chi connectivity index (χ0) is 11.1. The number of hydrogen-bond acceptors (Lipinski definition) is 4. The van der Waals surface area contributed by atoms with Crippen molar-refractivity contribution in [2.45, 2.75) is 6.92 Å². The first-order valence-corrected chi connectivity index (χ1v) is 7.00. The number of thiazole rings is 1. The molecule has 4 nitrogen and oxygen atoms in total. The zero-order valence-corrected chi connectivity index (χ0v) is 9.95. The molecule has 0 fully saturated rings. The van der Waals surface area contributed by atoms with E-state index in [1.165, 1.54) is 0 Å². The van der Waals surface area contributed by atoms with Gasteiger partial charge in [0.15, 0.2) is 0 Å². The minimum atomic E-state index is -3.20. The van der Waals surface area contributed by atoms with Crippen molar-refractivity contribution in [1.82, 2.24) is 4.98 Å². The Morgan fingerprint density at radius 1 is 1.40 bits per heavy atom. The Kier molecular flexibility index (Phi) is 2.40. The highest BCUT2D eigenvalue weighted by Crippen LogP contribution is 2.24. The molecule has 2 rings (SSSR count). The lowest BCUT2D eigenvalue weighted by Gasteiger charge is -2.02. The number of rotatable bonds is 2. The summed E-state index contributed by atoms with van der Waals surface area (Å²) < 4.78 is 25.5. The highest BCUT2D eigenvalue weighted by Gasteiger charge is 2.04. The van der Waals surface area contributed by atoms with E-state index in [0.29, 0.717) is 5.69 Å². The monoisotopic (exact) mass is 242 g/mol. The maximum atomic E-state index is 11.0. The summed E-state index contributed by atoms with van der Waals surface area (Å²) in [6, 6.07) is 5.32. The Morgan fingerprint density at radius 3 is 2.80 bits per heavy atom. The van der Waals surface area contributed by atoms with Crippen molar-refractivity contribution in [2.24, 2.45) is 0 Å². The fraction of sp³-hybridized carbons (Fsp3) is 0.222. The zero-order valence-electron chi connectivity index (χ0n) is 8.31. The standard InChI is InChI=1S/C9H10N2O2S2/c1-6-10-8-4-3-7(5-9(8)14-6)11-15(2,12)13/h3-5,11H,1-2H3. The van der Waals surface area contributed by atoms with Crippen LogP contribution in [0.3, 0.4) is 0 Å². The van der Waals surface area contributed by atoms with Crippen molar-refractivity contribution in [3.05, 3.63) is 23.2 Å². The molecule has 1 aromatic heterocycles. The van der Waals surface area contributed by atoms with E-state index in [1.54, 1.807) is 23.5 Å². The van der Waals surface area contributed by atoms with Crippen LogP contribution in [0.2, 0.25) is 0 Å². The van der Waals surface area contributed by atoms with E-state index in [1.807, 2.05) is 13.0 Å². The summed E-state index contributed by atoms with van der Waals surface area (Å²) in [6.45, 7) is 1.92. The van der Waals surface area contributed by atoms with Gasteiger partial charge in [0, 0.05) is 0 Å². The van der Waals surface area contributed by atoms with Gasteiger partial charge >= 0.3 is 0 Å². The van der Waals surface area contributed by atoms with Crippen molar-refractivity contribution in [2.75, 3.05) is 11.0 Å². The van der Waals surface area contributed by atoms with E-state index in [-0.39, 0.29) is 0 Å². The molecule has 2 aromatic rings.